The first-order valence-corrected chi connectivity index (χ1v) is 4.39. The summed E-state index contributed by atoms with van der Waals surface area (Å²) < 4.78 is 21.2. The van der Waals surface area contributed by atoms with Crippen molar-refractivity contribution in [2.24, 2.45) is 5.73 Å². The van der Waals surface area contributed by atoms with Gasteiger partial charge < -0.3 is 10.8 Å². The van der Waals surface area contributed by atoms with Crippen LogP contribution < -0.4 is 5.73 Å². The summed E-state index contributed by atoms with van der Waals surface area (Å²) >= 11 is 0. The van der Waals surface area contributed by atoms with E-state index in [0.717, 1.165) is 0 Å². The third kappa shape index (κ3) is 4.28. The summed E-state index contributed by atoms with van der Waals surface area (Å²) in [7, 11) is -3.46. The molecule has 0 spiro atoms. The van der Waals surface area contributed by atoms with E-state index in [1.165, 1.54) is 0 Å². The van der Waals surface area contributed by atoms with Crippen LogP contribution in [0.25, 0.3) is 0 Å². The summed E-state index contributed by atoms with van der Waals surface area (Å²) in [6.07, 6.45) is 0. The van der Waals surface area contributed by atoms with E-state index in [-0.39, 0.29) is 0 Å². The van der Waals surface area contributed by atoms with Crippen molar-refractivity contribution < 1.29 is 18.3 Å². The van der Waals surface area contributed by atoms with Crippen LogP contribution in [-0.2, 0) is 14.6 Å². The molecule has 1 amide bonds. The van der Waals surface area contributed by atoms with Gasteiger partial charge in [-0.25, -0.2) is 8.42 Å². The van der Waals surface area contributed by atoms with Crippen molar-refractivity contribution in [2.75, 3.05) is 18.1 Å². The minimum absolute atomic E-state index is 0.407. The van der Waals surface area contributed by atoms with E-state index in [1.54, 1.807) is 0 Å². The van der Waals surface area contributed by atoms with E-state index in [1.807, 2.05) is 0 Å². The van der Waals surface area contributed by atoms with Gasteiger partial charge in [0.2, 0.25) is 5.91 Å². The molecule has 0 heterocycles. The quantitative estimate of drug-likeness (QED) is 0.500. The Morgan fingerprint density at radius 1 is 1.50 bits per heavy atom. The second-order valence-corrected chi connectivity index (χ2v) is 3.97. The smallest absolute Gasteiger partial charge is 0.232 e. The van der Waals surface area contributed by atoms with Gasteiger partial charge in [0.1, 0.15) is 5.75 Å². The summed E-state index contributed by atoms with van der Waals surface area (Å²) in [5, 5.41) is 8.18. The molecular weight excluding hydrogens is 158 g/mol. The second kappa shape index (κ2) is 3.52. The maximum absolute atomic E-state index is 10.6. The molecule has 5 nitrogen and oxygen atoms in total. The van der Waals surface area contributed by atoms with Gasteiger partial charge in [-0.3, -0.25) is 4.79 Å². The lowest BCUT2D eigenvalue weighted by Gasteiger charge is -1.96. The Hall–Kier alpha value is -0.620. The first kappa shape index (κ1) is 9.38. The van der Waals surface area contributed by atoms with Gasteiger partial charge in [-0.2, -0.15) is 0 Å². The standard InChI is InChI=1S/C4H9NO4S/c5-4(7)3-10(8,9)2-1-6/h6H,1-3H2,(H2,5,7). The van der Waals surface area contributed by atoms with Crippen molar-refractivity contribution in [3.8, 4) is 0 Å². The van der Waals surface area contributed by atoms with E-state index < -0.39 is 33.9 Å². The molecule has 10 heavy (non-hydrogen) atoms. The summed E-state index contributed by atoms with van der Waals surface area (Å²) in [5.41, 5.74) is 4.61. The van der Waals surface area contributed by atoms with Crippen molar-refractivity contribution in [2.45, 2.75) is 0 Å². The molecule has 0 aromatic carbocycles. The van der Waals surface area contributed by atoms with E-state index in [2.05, 4.69) is 5.73 Å². The van der Waals surface area contributed by atoms with Crippen LogP contribution in [0.1, 0.15) is 0 Å². The highest BCUT2D eigenvalue weighted by Gasteiger charge is 2.12. The van der Waals surface area contributed by atoms with Gasteiger partial charge in [-0.1, -0.05) is 0 Å². The van der Waals surface area contributed by atoms with Crippen molar-refractivity contribution in [3.05, 3.63) is 0 Å². The zero-order valence-electron chi connectivity index (χ0n) is 5.28. The van der Waals surface area contributed by atoms with Gasteiger partial charge in [0.25, 0.3) is 0 Å². The molecule has 3 N–H and O–H groups in total. The third-order valence-electron chi connectivity index (χ3n) is 0.764. The molecule has 0 atom stereocenters. The van der Waals surface area contributed by atoms with Gasteiger partial charge in [0.15, 0.2) is 9.84 Å². The van der Waals surface area contributed by atoms with Gasteiger partial charge in [0, 0.05) is 0 Å². The highest BCUT2D eigenvalue weighted by atomic mass is 32.2. The number of hydrogen-bond donors (Lipinski definition) is 2. The number of rotatable bonds is 4. The molecule has 60 valence electrons. The molecule has 6 heteroatoms. The SMILES string of the molecule is NC(=O)CS(=O)(=O)CCO. The van der Waals surface area contributed by atoms with E-state index in [0.29, 0.717) is 0 Å². The fraction of sp³-hybridized carbons (Fsp3) is 0.750. The molecule has 0 fully saturated rings. The fourth-order valence-electron chi connectivity index (χ4n) is 0.428. The molecule has 0 rings (SSSR count). The minimum atomic E-state index is -3.46. The maximum Gasteiger partial charge on any atom is 0.232 e. The number of sulfone groups is 1. The molecule has 0 aliphatic heterocycles. The highest BCUT2D eigenvalue weighted by Crippen LogP contribution is 1.86. The number of amides is 1. The lowest BCUT2D eigenvalue weighted by Crippen LogP contribution is -2.25. The van der Waals surface area contributed by atoms with Gasteiger partial charge in [-0.15, -0.1) is 0 Å². The number of carbonyl (C=O) groups is 1. The van der Waals surface area contributed by atoms with Crippen LogP contribution >= 0.6 is 0 Å². The number of aliphatic hydroxyl groups excluding tert-OH is 1. The number of carbonyl (C=O) groups excluding carboxylic acids is 1. The predicted molar refractivity (Wildman–Crippen MR) is 34.9 cm³/mol. The number of aliphatic hydroxyl groups is 1. The highest BCUT2D eigenvalue weighted by molar-refractivity contribution is 7.92. The topological polar surface area (TPSA) is 97.5 Å². The Morgan fingerprint density at radius 3 is 2.30 bits per heavy atom. The first-order chi connectivity index (χ1) is 4.48. The van der Waals surface area contributed by atoms with Gasteiger partial charge in [-0.05, 0) is 0 Å². The van der Waals surface area contributed by atoms with Gasteiger partial charge >= 0.3 is 0 Å². The van der Waals surface area contributed by atoms with Crippen LogP contribution in [0.4, 0.5) is 0 Å². The van der Waals surface area contributed by atoms with Crippen molar-refractivity contribution in [3.63, 3.8) is 0 Å². The lowest BCUT2D eigenvalue weighted by atomic mass is 10.8. The van der Waals surface area contributed by atoms with E-state index >= 15 is 0 Å². The molecule has 0 saturated carbocycles. The number of hydrogen-bond acceptors (Lipinski definition) is 4. The lowest BCUT2D eigenvalue weighted by molar-refractivity contribution is -0.115. The molecule has 0 aliphatic rings. The van der Waals surface area contributed by atoms with Crippen LogP contribution in [0.15, 0.2) is 0 Å². The Bertz CT molecular complexity index is 207. The summed E-state index contributed by atoms with van der Waals surface area (Å²) in [5.74, 6) is -1.99. The number of primary amides is 1. The Kier molecular flexibility index (Phi) is 3.31. The van der Waals surface area contributed by atoms with Gasteiger partial charge in [0.05, 0.1) is 12.4 Å². The summed E-state index contributed by atoms with van der Waals surface area (Å²) in [6.45, 7) is -0.477. The summed E-state index contributed by atoms with van der Waals surface area (Å²) in [4.78, 5) is 10.1. The van der Waals surface area contributed by atoms with Crippen LogP contribution in [-0.4, -0.2) is 37.5 Å². The normalized spacial score (nSPS) is 11.3. The molecule has 0 unspecified atom stereocenters. The van der Waals surface area contributed by atoms with Crippen molar-refractivity contribution in [1.82, 2.24) is 0 Å². The average Bonchev–Trinajstić information content (AvgIpc) is 1.59. The molecule has 0 aromatic rings. The zero-order chi connectivity index (χ0) is 8.20. The Morgan fingerprint density at radius 2 is 2.00 bits per heavy atom. The average molecular weight is 167 g/mol. The third-order valence-corrected chi connectivity index (χ3v) is 2.29. The molecule has 0 aromatic heterocycles. The van der Waals surface area contributed by atoms with E-state index in [9.17, 15) is 13.2 Å². The molecule has 0 radical (unpaired) electrons. The predicted octanol–water partition coefficient (Wildman–Crippen LogP) is -2.12. The second-order valence-electron chi connectivity index (χ2n) is 1.78. The van der Waals surface area contributed by atoms with Crippen molar-refractivity contribution in [1.29, 1.82) is 0 Å². The molecule has 0 saturated heterocycles. The fourth-order valence-corrected chi connectivity index (χ4v) is 1.28. The van der Waals surface area contributed by atoms with E-state index in [4.69, 9.17) is 5.11 Å². The van der Waals surface area contributed by atoms with Crippen LogP contribution in [0, 0.1) is 0 Å². The summed E-state index contributed by atoms with van der Waals surface area (Å²) in [6, 6.07) is 0. The molecule has 0 bridgehead atoms. The first-order valence-electron chi connectivity index (χ1n) is 2.57. The Balaban J connectivity index is 4.02. The Labute approximate surface area is 58.8 Å². The van der Waals surface area contributed by atoms with Crippen LogP contribution in [0.2, 0.25) is 0 Å². The molecule has 0 aliphatic carbocycles. The van der Waals surface area contributed by atoms with Crippen molar-refractivity contribution >= 4 is 15.7 Å². The number of nitrogens with two attached hydrogens (primary N) is 1. The van der Waals surface area contributed by atoms with Crippen LogP contribution in [0.5, 0.6) is 0 Å². The minimum Gasteiger partial charge on any atom is -0.395 e. The zero-order valence-corrected chi connectivity index (χ0v) is 6.10. The molecular formula is C4H9NO4S. The monoisotopic (exact) mass is 167 g/mol. The van der Waals surface area contributed by atoms with Crippen LogP contribution in [0.3, 0.4) is 0 Å². The largest absolute Gasteiger partial charge is 0.395 e. The maximum atomic E-state index is 10.6.